The molecule has 8 atom stereocenters. The largest absolute Gasteiger partial charge is 0.390 e. The van der Waals surface area contributed by atoms with Gasteiger partial charge in [0.2, 0.25) is 0 Å². The highest BCUT2D eigenvalue weighted by molar-refractivity contribution is 5.85. The topological polar surface area (TPSA) is 91.3 Å². The van der Waals surface area contributed by atoms with Crippen molar-refractivity contribution in [2.24, 2.45) is 56.5 Å². The van der Waals surface area contributed by atoms with E-state index in [9.17, 15) is 9.90 Å². The van der Waals surface area contributed by atoms with Gasteiger partial charge in [-0.15, -0.1) is 0 Å². The van der Waals surface area contributed by atoms with E-state index in [1.165, 1.54) is 37.0 Å². The summed E-state index contributed by atoms with van der Waals surface area (Å²) in [5, 5.41) is 19.5. The van der Waals surface area contributed by atoms with Gasteiger partial charge in [-0.05, 0) is 99.2 Å². The molecule has 6 nitrogen and oxygen atoms in total. The predicted octanol–water partition coefficient (Wildman–Crippen LogP) is 3.79. The van der Waals surface area contributed by atoms with Gasteiger partial charge in [0, 0.05) is 12.6 Å². The third-order valence-electron chi connectivity index (χ3n) is 10.0. The molecule has 0 saturated heterocycles. The van der Waals surface area contributed by atoms with Crippen molar-refractivity contribution in [3.63, 3.8) is 0 Å². The lowest BCUT2D eigenvalue weighted by Gasteiger charge is -2.61. The van der Waals surface area contributed by atoms with Crippen LogP contribution in [0, 0.1) is 40.4 Å². The highest BCUT2D eigenvalue weighted by Gasteiger charge is 2.61. The maximum atomic E-state index is 13.2. The van der Waals surface area contributed by atoms with Gasteiger partial charge >= 0.3 is 0 Å². The van der Waals surface area contributed by atoms with Crippen LogP contribution in [0.5, 0.6) is 0 Å². The van der Waals surface area contributed by atoms with Crippen molar-refractivity contribution in [3.05, 3.63) is 0 Å². The van der Waals surface area contributed by atoms with E-state index in [4.69, 9.17) is 5.84 Å². The first-order valence-electron chi connectivity index (χ1n) is 11.9. The van der Waals surface area contributed by atoms with Gasteiger partial charge in [0.25, 0.3) is 0 Å². The average molecular weight is 417 g/mol. The second kappa shape index (κ2) is 7.61. The summed E-state index contributed by atoms with van der Waals surface area (Å²) in [5.74, 6) is 8.34. The molecule has 0 radical (unpaired) electrons. The van der Waals surface area contributed by atoms with E-state index in [1.807, 2.05) is 6.92 Å². The third-order valence-corrected chi connectivity index (χ3v) is 10.0. The molecule has 0 spiro atoms. The lowest BCUT2D eigenvalue weighted by Crippen LogP contribution is -2.55. The molecule has 168 valence electrons. The van der Waals surface area contributed by atoms with Crippen molar-refractivity contribution < 1.29 is 9.90 Å². The van der Waals surface area contributed by atoms with Crippen LogP contribution in [0.1, 0.15) is 78.6 Å². The molecule has 30 heavy (non-hydrogen) atoms. The summed E-state index contributed by atoms with van der Waals surface area (Å²) < 4.78 is 0. The van der Waals surface area contributed by atoms with Gasteiger partial charge in [0.15, 0.2) is 5.78 Å². The molecule has 1 unspecified atom stereocenters. The summed E-state index contributed by atoms with van der Waals surface area (Å²) in [6.45, 7) is 10.7. The zero-order valence-electron chi connectivity index (χ0n) is 19.0. The highest BCUT2D eigenvalue weighted by atomic mass is 16.3. The van der Waals surface area contributed by atoms with Gasteiger partial charge in [0.05, 0.1) is 5.60 Å². The Labute approximate surface area is 181 Å². The molecule has 0 bridgehead atoms. The quantitative estimate of drug-likeness (QED) is 0.309. The van der Waals surface area contributed by atoms with Gasteiger partial charge in [0.1, 0.15) is 12.9 Å². The van der Waals surface area contributed by atoms with E-state index in [-0.39, 0.29) is 23.7 Å². The van der Waals surface area contributed by atoms with Gasteiger partial charge in [-0.1, -0.05) is 13.8 Å². The molecule has 0 aliphatic heterocycles. The Bertz CT molecular complexity index is 722. The van der Waals surface area contributed by atoms with Gasteiger partial charge in [-0.25, -0.2) is 5.01 Å². The molecule has 0 heterocycles. The monoisotopic (exact) mass is 416 g/mol. The summed E-state index contributed by atoms with van der Waals surface area (Å²) in [6.07, 6.45) is 11.4. The second-order valence-electron chi connectivity index (χ2n) is 11.5. The normalized spacial score (nSPS) is 47.9. The Morgan fingerprint density at radius 2 is 1.83 bits per heavy atom. The van der Waals surface area contributed by atoms with Crippen LogP contribution < -0.4 is 5.84 Å². The van der Waals surface area contributed by atoms with E-state index in [0.717, 1.165) is 43.9 Å². The van der Waals surface area contributed by atoms with Crippen LogP contribution >= 0.6 is 0 Å². The Hall–Kier alpha value is -1.43. The van der Waals surface area contributed by atoms with Crippen molar-refractivity contribution in [3.8, 4) is 0 Å². The summed E-state index contributed by atoms with van der Waals surface area (Å²) in [4.78, 5) is 13.2. The standard InChI is InChI=1S/C24H40N4O2/c1-22(30)11-12-23(2)16(13-22)5-6-17-18-7-8-20(24(18,3)10-9-19(17)23)21(29)14-28(26-4)15-27-25/h15-20,30H,4-14,25H2,1-3H3/b27-15-/t16-,17+,18+,19+,20-,22-,23+,24?/m1/s1. The SMILES string of the molecule is C=NN(/C=N\N)CC(=O)[C@H]1CC[C@H]2[C@@H]3CC[C@@H]4C[C@](C)(O)CC[C@]4(C)[C@H]3CCC12C. The lowest BCUT2D eigenvalue weighted by molar-refractivity contribution is -0.150. The first kappa shape index (κ1) is 21.8. The van der Waals surface area contributed by atoms with Crippen molar-refractivity contribution in [1.82, 2.24) is 5.01 Å². The first-order valence-corrected chi connectivity index (χ1v) is 11.9. The summed E-state index contributed by atoms with van der Waals surface area (Å²) >= 11 is 0. The lowest BCUT2D eigenvalue weighted by atomic mass is 9.44. The molecule has 0 amide bonds. The number of nitrogens with zero attached hydrogens (tertiary/aromatic N) is 3. The minimum Gasteiger partial charge on any atom is -0.390 e. The Morgan fingerprint density at radius 1 is 1.10 bits per heavy atom. The number of hydrogen-bond donors (Lipinski definition) is 2. The maximum Gasteiger partial charge on any atom is 0.157 e. The molecule has 6 heteroatoms. The van der Waals surface area contributed by atoms with Crippen LogP contribution in [0.3, 0.4) is 0 Å². The number of Topliss-reactive ketones (excluding diaryl/α,β-unsaturated/α-hetero) is 1. The molecule has 0 aromatic heterocycles. The zero-order valence-corrected chi connectivity index (χ0v) is 19.0. The van der Waals surface area contributed by atoms with Crippen molar-refractivity contribution >= 4 is 18.8 Å². The fraction of sp³-hybridized carbons (Fsp3) is 0.875. The molecular formula is C24H40N4O2. The average Bonchev–Trinajstić information content (AvgIpc) is 3.05. The number of carbonyl (C=O) groups is 1. The molecule has 0 aromatic carbocycles. The molecule has 4 aliphatic carbocycles. The third kappa shape index (κ3) is 3.39. The molecule has 4 rings (SSSR count). The zero-order chi connectivity index (χ0) is 21.7. The number of aliphatic hydroxyl groups is 1. The maximum absolute atomic E-state index is 13.2. The van der Waals surface area contributed by atoms with Gasteiger partial charge < -0.3 is 10.9 Å². The molecular weight excluding hydrogens is 376 g/mol. The Kier molecular flexibility index (Phi) is 5.53. The summed E-state index contributed by atoms with van der Waals surface area (Å²) in [7, 11) is 0. The van der Waals surface area contributed by atoms with Crippen molar-refractivity contribution in [2.45, 2.75) is 84.2 Å². The number of carbonyl (C=O) groups excluding carboxylic acids is 1. The number of rotatable bonds is 5. The molecule has 4 saturated carbocycles. The van der Waals surface area contributed by atoms with Crippen LogP contribution in [0.15, 0.2) is 10.2 Å². The van der Waals surface area contributed by atoms with Crippen LogP contribution in [-0.4, -0.2) is 41.1 Å². The Balaban J connectivity index is 1.51. The van der Waals surface area contributed by atoms with Crippen molar-refractivity contribution in [1.29, 1.82) is 0 Å². The second-order valence-corrected chi connectivity index (χ2v) is 11.5. The first-order chi connectivity index (χ1) is 14.1. The fourth-order valence-corrected chi connectivity index (χ4v) is 8.43. The van der Waals surface area contributed by atoms with Gasteiger partial charge in [-0.3, -0.25) is 4.79 Å². The predicted molar refractivity (Wildman–Crippen MR) is 120 cm³/mol. The molecule has 3 N–H and O–H groups in total. The molecule has 0 aromatic rings. The fourth-order valence-electron chi connectivity index (χ4n) is 8.43. The molecule has 4 aliphatic rings. The number of nitrogens with two attached hydrogens (primary N) is 1. The summed E-state index contributed by atoms with van der Waals surface area (Å²) in [6, 6.07) is 0. The van der Waals surface area contributed by atoms with Crippen LogP contribution in [0.2, 0.25) is 0 Å². The van der Waals surface area contributed by atoms with E-state index in [0.29, 0.717) is 17.3 Å². The van der Waals surface area contributed by atoms with Gasteiger partial charge in [-0.2, -0.15) is 10.2 Å². The molecule has 4 fully saturated rings. The van der Waals surface area contributed by atoms with Crippen LogP contribution in [0.25, 0.3) is 0 Å². The Morgan fingerprint density at radius 3 is 2.53 bits per heavy atom. The smallest absolute Gasteiger partial charge is 0.157 e. The van der Waals surface area contributed by atoms with Crippen molar-refractivity contribution in [2.75, 3.05) is 6.54 Å². The number of hydrazone groups is 2. The summed E-state index contributed by atoms with van der Waals surface area (Å²) in [5.41, 5.74) is -0.0347. The number of ketones is 1. The van der Waals surface area contributed by atoms with E-state index in [2.05, 4.69) is 30.8 Å². The minimum absolute atomic E-state index is 0.0916. The number of hydrogen-bond acceptors (Lipinski definition) is 5. The highest BCUT2D eigenvalue weighted by Crippen LogP contribution is 2.68. The van der Waals surface area contributed by atoms with E-state index in [1.54, 1.807) is 0 Å². The van der Waals surface area contributed by atoms with E-state index < -0.39 is 5.60 Å². The van der Waals surface area contributed by atoms with Crippen LogP contribution in [-0.2, 0) is 4.79 Å². The number of fused-ring (bicyclic) bond motifs is 5. The van der Waals surface area contributed by atoms with E-state index >= 15 is 0 Å². The minimum atomic E-state index is -0.483. The van der Waals surface area contributed by atoms with Crippen LogP contribution in [0.4, 0.5) is 0 Å².